The van der Waals surface area contributed by atoms with E-state index in [1.54, 1.807) is 49.4 Å². The van der Waals surface area contributed by atoms with Crippen molar-refractivity contribution in [3.63, 3.8) is 0 Å². The first-order valence-corrected chi connectivity index (χ1v) is 9.67. The molecular formula is C23H30O6. The SMILES string of the molecule is CC(C)CC(O)C(C)C(O)C(O)Oc1cc(O)cc(/C=C/c2ccc(O)cc2)c1. The fourth-order valence-corrected chi connectivity index (χ4v) is 2.94. The molecule has 4 atom stereocenters. The van der Waals surface area contributed by atoms with E-state index in [1.807, 2.05) is 13.8 Å². The van der Waals surface area contributed by atoms with Crippen LogP contribution >= 0.6 is 0 Å². The number of phenols is 2. The van der Waals surface area contributed by atoms with Crippen molar-refractivity contribution in [3.8, 4) is 17.2 Å². The third-order valence-corrected chi connectivity index (χ3v) is 4.68. The van der Waals surface area contributed by atoms with Crippen molar-refractivity contribution >= 4 is 12.2 Å². The maximum absolute atomic E-state index is 10.3. The fraction of sp³-hybridized carbons (Fsp3) is 0.391. The Bertz CT molecular complexity index is 800. The maximum Gasteiger partial charge on any atom is 0.224 e. The molecule has 0 saturated carbocycles. The van der Waals surface area contributed by atoms with E-state index >= 15 is 0 Å². The number of aliphatic hydroxyl groups is 3. The van der Waals surface area contributed by atoms with Crippen LogP contribution < -0.4 is 4.74 Å². The van der Waals surface area contributed by atoms with Gasteiger partial charge < -0.3 is 30.3 Å². The van der Waals surface area contributed by atoms with Crippen molar-refractivity contribution in [2.24, 2.45) is 11.8 Å². The molecule has 2 aromatic rings. The lowest BCUT2D eigenvalue weighted by molar-refractivity contribution is -0.139. The minimum atomic E-state index is -1.55. The van der Waals surface area contributed by atoms with Crippen LogP contribution in [0, 0.1) is 11.8 Å². The molecule has 0 aliphatic carbocycles. The molecule has 0 heterocycles. The van der Waals surface area contributed by atoms with Crippen molar-refractivity contribution in [2.75, 3.05) is 0 Å². The molecule has 29 heavy (non-hydrogen) atoms. The number of hydrogen-bond donors (Lipinski definition) is 5. The van der Waals surface area contributed by atoms with E-state index < -0.39 is 24.4 Å². The summed E-state index contributed by atoms with van der Waals surface area (Å²) in [4.78, 5) is 0. The highest BCUT2D eigenvalue weighted by molar-refractivity contribution is 5.71. The second-order valence-electron chi connectivity index (χ2n) is 7.74. The molecule has 0 saturated heterocycles. The van der Waals surface area contributed by atoms with Crippen molar-refractivity contribution in [3.05, 3.63) is 53.6 Å². The van der Waals surface area contributed by atoms with Crippen LogP contribution in [0.15, 0.2) is 42.5 Å². The molecule has 0 aliphatic heterocycles. The summed E-state index contributed by atoms with van der Waals surface area (Å²) in [6.45, 7) is 5.59. The van der Waals surface area contributed by atoms with Crippen molar-refractivity contribution < 1.29 is 30.3 Å². The fourth-order valence-electron chi connectivity index (χ4n) is 2.94. The maximum atomic E-state index is 10.3. The summed E-state index contributed by atoms with van der Waals surface area (Å²) < 4.78 is 5.41. The molecule has 6 heteroatoms. The quantitative estimate of drug-likeness (QED) is 0.325. The van der Waals surface area contributed by atoms with Crippen molar-refractivity contribution in [2.45, 2.75) is 45.7 Å². The Morgan fingerprint density at radius 3 is 2.07 bits per heavy atom. The van der Waals surface area contributed by atoms with Crippen LogP contribution in [0.25, 0.3) is 12.2 Å². The summed E-state index contributed by atoms with van der Waals surface area (Å²) in [5.74, 6) is -0.0179. The lowest BCUT2D eigenvalue weighted by atomic mass is 9.91. The van der Waals surface area contributed by atoms with E-state index in [1.165, 1.54) is 12.1 Å². The highest BCUT2D eigenvalue weighted by Crippen LogP contribution is 2.26. The largest absolute Gasteiger partial charge is 0.508 e. The zero-order chi connectivity index (χ0) is 21.6. The molecule has 0 amide bonds. The predicted molar refractivity (Wildman–Crippen MR) is 112 cm³/mol. The minimum Gasteiger partial charge on any atom is -0.508 e. The van der Waals surface area contributed by atoms with Crippen LogP contribution in [-0.2, 0) is 0 Å². The normalized spacial score (nSPS) is 16.0. The molecular weight excluding hydrogens is 372 g/mol. The van der Waals surface area contributed by atoms with Gasteiger partial charge in [0.2, 0.25) is 6.29 Å². The second kappa shape index (κ2) is 10.3. The van der Waals surface area contributed by atoms with E-state index in [4.69, 9.17) is 4.74 Å². The average Bonchev–Trinajstić information content (AvgIpc) is 2.65. The molecule has 158 valence electrons. The third-order valence-electron chi connectivity index (χ3n) is 4.68. The Kier molecular flexibility index (Phi) is 8.08. The average molecular weight is 402 g/mol. The lowest BCUT2D eigenvalue weighted by Crippen LogP contribution is -2.41. The van der Waals surface area contributed by atoms with Crippen LogP contribution in [0.2, 0.25) is 0 Å². The van der Waals surface area contributed by atoms with Gasteiger partial charge in [-0.25, -0.2) is 0 Å². The zero-order valence-electron chi connectivity index (χ0n) is 16.9. The summed E-state index contributed by atoms with van der Waals surface area (Å²) in [6.07, 6.45) is 0.439. The van der Waals surface area contributed by atoms with Gasteiger partial charge >= 0.3 is 0 Å². The Morgan fingerprint density at radius 2 is 1.45 bits per heavy atom. The molecule has 4 unspecified atom stereocenters. The predicted octanol–water partition coefficient (Wildman–Crippen LogP) is 3.37. The molecule has 0 aromatic heterocycles. The van der Waals surface area contributed by atoms with Gasteiger partial charge in [0, 0.05) is 12.0 Å². The van der Waals surface area contributed by atoms with Gasteiger partial charge in [-0.2, -0.15) is 0 Å². The topological polar surface area (TPSA) is 110 Å². The molecule has 0 fully saturated rings. The standard InChI is InChI=1S/C23H30O6/c1-14(2)10-21(26)15(3)22(27)23(28)29-20-12-17(11-19(25)13-20)5-4-16-6-8-18(24)9-7-16/h4-9,11-15,21-28H,10H2,1-3H3/b5-4+. The molecule has 5 N–H and O–H groups in total. The summed E-state index contributed by atoms with van der Waals surface area (Å²) in [7, 11) is 0. The smallest absolute Gasteiger partial charge is 0.224 e. The number of benzene rings is 2. The van der Waals surface area contributed by atoms with Gasteiger partial charge in [-0.3, -0.25) is 0 Å². The minimum absolute atomic E-state index is 0.0533. The zero-order valence-corrected chi connectivity index (χ0v) is 16.9. The number of ether oxygens (including phenoxy) is 1. The van der Waals surface area contributed by atoms with Gasteiger partial charge in [0.1, 0.15) is 23.4 Å². The number of rotatable bonds is 9. The van der Waals surface area contributed by atoms with E-state index in [0.29, 0.717) is 12.0 Å². The van der Waals surface area contributed by atoms with Gasteiger partial charge in [-0.05, 0) is 47.7 Å². The van der Waals surface area contributed by atoms with Crippen molar-refractivity contribution in [1.29, 1.82) is 0 Å². The van der Waals surface area contributed by atoms with Gasteiger partial charge in [0.15, 0.2) is 0 Å². The van der Waals surface area contributed by atoms with E-state index in [9.17, 15) is 25.5 Å². The number of aromatic hydroxyl groups is 2. The summed E-state index contributed by atoms with van der Waals surface area (Å²) in [6, 6.07) is 11.1. The van der Waals surface area contributed by atoms with Crippen molar-refractivity contribution in [1.82, 2.24) is 0 Å². The first-order valence-electron chi connectivity index (χ1n) is 9.67. The van der Waals surface area contributed by atoms with Gasteiger partial charge in [0.25, 0.3) is 0 Å². The Morgan fingerprint density at radius 1 is 0.828 bits per heavy atom. The van der Waals surface area contributed by atoms with E-state index in [2.05, 4.69) is 0 Å². The molecule has 0 aliphatic rings. The molecule has 0 spiro atoms. The third kappa shape index (κ3) is 7.09. The highest BCUT2D eigenvalue weighted by Gasteiger charge is 2.30. The summed E-state index contributed by atoms with van der Waals surface area (Å²) in [5, 5.41) is 50.0. The Labute approximate surface area is 171 Å². The van der Waals surface area contributed by atoms with Crippen LogP contribution in [0.5, 0.6) is 17.2 Å². The number of phenolic OH excluding ortho intramolecular Hbond substituents is 2. The van der Waals surface area contributed by atoms with Crippen LogP contribution in [0.3, 0.4) is 0 Å². The first kappa shape index (κ1) is 22.7. The molecule has 2 rings (SSSR count). The monoisotopic (exact) mass is 402 g/mol. The van der Waals surface area contributed by atoms with Gasteiger partial charge in [-0.15, -0.1) is 0 Å². The second-order valence-corrected chi connectivity index (χ2v) is 7.74. The Balaban J connectivity index is 2.07. The molecule has 2 aromatic carbocycles. The van der Waals surface area contributed by atoms with Crippen LogP contribution in [0.1, 0.15) is 38.3 Å². The van der Waals surface area contributed by atoms with Gasteiger partial charge in [0.05, 0.1) is 6.10 Å². The van der Waals surface area contributed by atoms with Crippen LogP contribution in [-0.4, -0.2) is 44.0 Å². The molecule has 6 nitrogen and oxygen atoms in total. The van der Waals surface area contributed by atoms with Gasteiger partial charge in [-0.1, -0.05) is 45.1 Å². The highest BCUT2D eigenvalue weighted by atomic mass is 16.6. The lowest BCUT2D eigenvalue weighted by Gasteiger charge is -2.28. The summed E-state index contributed by atoms with van der Waals surface area (Å²) >= 11 is 0. The first-order chi connectivity index (χ1) is 13.7. The Hall–Kier alpha value is -2.54. The number of hydrogen-bond acceptors (Lipinski definition) is 6. The van der Waals surface area contributed by atoms with Crippen LogP contribution in [0.4, 0.5) is 0 Å². The number of aliphatic hydroxyl groups excluding tert-OH is 3. The summed E-state index contributed by atoms with van der Waals surface area (Å²) in [5.41, 5.74) is 1.49. The molecule has 0 bridgehead atoms. The van der Waals surface area contributed by atoms with E-state index in [-0.39, 0.29) is 23.2 Å². The van der Waals surface area contributed by atoms with E-state index in [0.717, 1.165) is 5.56 Å². The molecule has 0 radical (unpaired) electrons.